The van der Waals surface area contributed by atoms with Gasteiger partial charge in [-0.3, -0.25) is 0 Å². The summed E-state index contributed by atoms with van der Waals surface area (Å²) in [5, 5.41) is 21.2. The standard InChI is InChI=1S/C56H62O14/c57-43(29-61-45-16-4-37(5-17-45)39-8-24-50(25-9-39)70-56(60)42-14-22-48(23-15-42)66-34-54-36-68-54)31-63-51-2-1-3-52(28-51)64-32-44(58)30-62-46-20-12-41(13-21-46)55(59)69-49-26-10-40(11-27-49)38-6-18-47(19-7-38)65-33-53-35-67-53/h1-7,12-23,28,39-40,43-44,49-50,53-54,57-58H,8-11,24-27,29-36H2/t39-,40-,43?,44?,49-,50-,53?,54?. The van der Waals surface area contributed by atoms with Crippen LogP contribution in [0.15, 0.2) is 121 Å². The molecule has 14 heteroatoms. The average Bonchev–Trinajstić information content (AvgIpc) is 4.36. The number of aliphatic hydroxyl groups is 2. The van der Waals surface area contributed by atoms with Crippen molar-refractivity contribution in [2.24, 2.45) is 0 Å². The molecule has 370 valence electrons. The molecule has 4 fully saturated rings. The van der Waals surface area contributed by atoms with Crippen LogP contribution >= 0.6 is 0 Å². The lowest BCUT2D eigenvalue weighted by Crippen LogP contribution is -2.25. The van der Waals surface area contributed by atoms with E-state index in [-0.39, 0.29) is 62.8 Å². The highest BCUT2D eigenvalue weighted by atomic mass is 16.6. The minimum absolute atomic E-state index is 0.00302. The molecule has 5 aromatic rings. The van der Waals surface area contributed by atoms with Crippen molar-refractivity contribution in [2.75, 3.05) is 52.9 Å². The molecule has 2 aliphatic carbocycles. The molecule has 4 unspecified atom stereocenters. The van der Waals surface area contributed by atoms with E-state index in [0.717, 1.165) is 70.3 Å². The van der Waals surface area contributed by atoms with Crippen LogP contribution in [0.4, 0.5) is 0 Å². The van der Waals surface area contributed by atoms with Crippen LogP contribution in [0.2, 0.25) is 0 Å². The molecule has 2 saturated heterocycles. The first kappa shape index (κ1) is 48.7. The topological polar surface area (TPSA) is 174 Å². The number of benzene rings is 5. The van der Waals surface area contributed by atoms with Crippen LogP contribution in [0.5, 0.6) is 34.5 Å². The molecule has 14 nitrogen and oxygen atoms in total. The van der Waals surface area contributed by atoms with E-state index in [2.05, 4.69) is 24.3 Å². The largest absolute Gasteiger partial charge is 0.491 e. The van der Waals surface area contributed by atoms with Gasteiger partial charge in [0.15, 0.2) is 0 Å². The monoisotopic (exact) mass is 958 g/mol. The van der Waals surface area contributed by atoms with E-state index in [9.17, 15) is 19.8 Å². The summed E-state index contributed by atoms with van der Waals surface area (Å²) in [5.41, 5.74) is 3.44. The summed E-state index contributed by atoms with van der Waals surface area (Å²) in [6.07, 6.45) is 5.28. The highest BCUT2D eigenvalue weighted by Gasteiger charge is 2.28. The van der Waals surface area contributed by atoms with Crippen molar-refractivity contribution in [3.05, 3.63) is 144 Å². The maximum absolute atomic E-state index is 12.9. The molecule has 5 aromatic carbocycles. The Kier molecular flexibility index (Phi) is 16.7. The molecular formula is C56H62O14. The molecule has 0 amide bonds. The van der Waals surface area contributed by atoms with Crippen molar-refractivity contribution >= 4 is 11.9 Å². The zero-order chi connectivity index (χ0) is 48.1. The second-order valence-corrected chi connectivity index (χ2v) is 18.5. The van der Waals surface area contributed by atoms with Crippen LogP contribution < -0.4 is 28.4 Å². The van der Waals surface area contributed by atoms with Gasteiger partial charge in [0, 0.05) is 6.07 Å². The molecular weight excluding hydrogens is 897 g/mol. The predicted molar refractivity (Wildman–Crippen MR) is 257 cm³/mol. The van der Waals surface area contributed by atoms with Crippen molar-refractivity contribution in [2.45, 2.75) is 99.8 Å². The molecule has 0 radical (unpaired) electrons. The summed E-state index contributed by atoms with van der Waals surface area (Å²) in [6, 6.07) is 36.9. The zero-order valence-corrected chi connectivity index (χ0v) is 39.3. The smallest absolute Gasteiger partial charge is 0.338 e. The number of esters is 2. The molecule has 2 aliphatic heterocycles. The van der Waals surface area contributed by atoms with E-state index in [1.54, 1.807) is 72.8 Å². The van der Waals surface area contributed by atoms with E-state index < -0.39 is 12.2 Å². The first-order valence-corrected chi connectivity index (χ1v) is 24.5. The maximum atomic E-state index is 12.9. The minimum atomic E-state index is -0.929. The fraction of sp³-hybridized carbons (Fsp3) is 0.429. The Balaban J connectivity index is 0.617. The number of aliphatic hydroxyl groups excluding tert-OH is 2. The number of rotatable bonds is 24. The molecule has 0 bridgehead atoms. The van der Waals surface area contributed by atoms with Gasteiger partial charge in [0.1, 0.15) is 111 Å². The normalized spacial score (nSPS) is 22.4. The Bertz CT molecular complexity index is 2400. The molecule has 2 saturated carbocycles. The lowest BCUT2D eigenvalue weighted by Gasteiger charge is -2.28. The van der Waals surface area contributed by atoms with Crippen LogP contribution in [-0.4, -0.2) is 112 Å². The molecule has 0 spiro atoms. The highest BCUT2D eigenvalue weighted by Crippen LogP contribution is 2.37. The number of carbonyl (C=O) groups excluding carboxylic acids is 2. The van der Waals surface area contributed by atoms with E-state index in [0.29, 0.717) is 64.9 Å². The van der Waals surface area contributed by atoms with Crippen LogP contribution in [0.25, 0.3) is 0 Å². The van der Waals surface area contributed by atoms with Crippen molar-refractivity contribution in [1.82, 2.24) is 0 Å². The third kappa shape index (κ3) is 14.8. The van der Waals surface area contributed by atoms with Gasteiger partial charge in [0.25, 0.3) is 0 Å². The number of carbonyl (C=O) groups is 2. The van der Waals surface area contributed by atoms with Gasteiger partial charge >= 0.3 is 11.9 Å². The van der Waals surface area contributed by atoms with Gasteiger partial charge in [-0.25, -0.2) is 9.59 Å². The third-order valence-corrected chi connectivity index (χ3v) is 13.0. The SMILES string of the molecule is O=C(O[C@H]1CC[C@H](c2ccc(OCC(O)COc3cccc(OCC(O)COc4ccc(C(=O)O[C@H]5CC[C@H](c6ccc(OCC7CO7)cc6)CC5)cc4)c3)cc2)CC1)c1ccc(OCC2CO2)cc1. The number of epoxide rings is 2. The molecule has 4 aliphatic rings. The maximum Gasteiger partial charge on any atom is 0.338 e. The van der Waals surface area contributed by atoms with Gasteiger partial charge in [0.2, 0.25) is 0 Å². The molecule has 2 heterocycles. The zero-order valence-electron chi connectivity index (χ0n) is 39.3. The molecule has 9 rings (SSSR count). The fourth-order valence-corrected chi connectivity index (χ4v) is 8.74. The van der Waals surface area contributed by atoms with Gasteiger partial charge in [-0.1, -0.05) is 30.3 Å². The van der Waals surface area contributed by atoms with Crippen LogP contribution in [0.3, 0.4) is 0 Å². The van der Waals surface area contributed by atoms with E-state index >= 15 is 0 Å². The van der Waals surface area contributed by atoms with E-state index in [1.165, 1.54) is 11.1 Å². The van der Waals surface area contributed by atoms with Crippen molar-refractivity contribution < 1.29 is 67.2 Å². The second-order valence-electron chi connectivity index (χ2n) is 18.5. The number of hydrogen-bond donors (Lipinski definition) is 2. The Morgan fingerprint density at radius 2 is 0.771 bits per heavy atom. The first-order valence-electron chi connectivity index (χ1n) is 24.5. The van der Waals surface area contributed by atoms with Crippen LogP contribution in [-0.2, 0) is 18.9 Å². The van der Waals surface area contributed by atoms with Crippen molar-refractivity contribution in [3.8, 4) is 34.5 Å². The predicted octanol–water partition coefficient (Wildman–Crippen LogP) is 8.65. The number of ether oxygens (including phenoxy) is 10. The lowest BCUT2D eigenvalue weighted by molar-refractivity contribution is 0.0186. The number of hydrogen-bond acceptors (Lipinski definition) is 14. The van der Waals surface area contributed by atoms with Crippen LogP contribution in [0, 0.1) is 0 Å². The van der Waals surface area contributed by atoms with Crippen molar-refractivity contribution in [3.63, 3.8) is 0 Å². The average molecular weight is 959 g/mol. The summed E-state index contributed by atoms with van der Waals surface area (Å²) >= 11 is 0. The Morgan fingerprint density at radius 3 is 1.13 bits per heavy atom. The van der Waals surface area contributed by atoms with E-state index in [1.807, 2.05) is 24.3 Å². The van der Waals surface area contributed by atoms with Gasteiger partial charge in [-0.2, -0.15) is 0 Å². The highest BCUT2D eigenvalue weighted by molar-refractivity contribution is 5.90. The third-order valence-electron chi connectivity index (χ3n) is 13.0. The van der Waals surface area contributed by atoms with Gasteiger partial charge in [-0.15, -0.1) is 0 Å². The van der Waals surface area contributed by atoms with Crippen molar-refractivity contribution in [1.29, 1.82) is 0 Å². The summed E-state index contributed by atoms with van der Waals surface area (Å²) in [7, 11) is 0. The van der Waals surface area contributed by atoms with Gasteiger partial charge in [0.05, 0.1) is 24.3 Å². The second kappa shape index (κ2) is 24.0. The first-order chi connectivity index (χ1) is 34.2. The Hall–Kier alpha value is -6.32. The fourth-order valence-electron chi connectivity index (χ4n) is 8.74. The molecule has 2 N–H and O–H groups in total. The lowest BCUT2D eigenvalue weighted by atomic mass is 9.83. The quantitative estimate of drug-likeness (QED) is 0.0444. The Labute approximate surface area is 408 Å². The molecule has 4 atom stereocenters. The van der Waals surface area contributed by atoms with Gasteiger partial charge in [-0.05, 0) is 159 Å². The molecule has 0 aromatic heterocycles. The minimum Gasteiger partial charge on any atom is -0.491 e. The Morgan fingerprint density at radius 1 is 0.443 bits per heavy atom. The summed E-state index contributed by atoms with van der Waals surface area (Å²) in [4.78, 5) is 25.7. The van der Waals surface area contributed by atoms with Gasteiger partial charge < -0.3 is 57.6 Å². The molecule has 70 heavy (non-hydrogen) atoms. The summed E-state index contributed by atoms with van der Waals surface area (Å²) in [5.74, 6) is 3.80. The van der Waals surface area contributed by atoms with E-state index in [4.69, 9.17) is 47.4 Å². The summed E-state index contributed by atoms with van der Waals surface area (Å²) in [6.45, 7) is 2.62. The summed E-state index contributed by atoms with van der Waals surface area (Å²) < 4.78 is 56.7. The van der Waals surface area contributed by atoms with Crippen LogP contribution in [0.1, 0.15) is 95.0 Å².